The summed E-state index contributed by atoms with van der Waals surface area (Å²) in [6, 6.07) is 5.44. The van der Waals surface area contributed by atoms with Crippen LogP contribution in [0, 0.1) is 30.0 Å². The van der Waals surface area contributed by atoms with Crippen molar-refractivity contribution in [3.8, 4) is 6.07 Å². The zero-order chi connectivity index (χ0) is 19.5. The fourth-order valence-electron chi connectivity index (χ4n) is 3.92. The molecule has 1 aromatic heterocycles. The molecule has 0 spiro atoms. The SMILES string of the molecule is Cc1c(C(=O)C(=O)O)c2n(c1C(=O)Nc1ccc(F)c(C#N)c1)[C@@H]1C[C@@H]1C2. The molecule has 2 aromatic rings. The molecule has 0 unspecified atom stereocenters. The van der Waals surface area contributed by atoms with Crippen molar-refractivity contribution in [2.45, 2.75) is 25.8 Å². The average molecular weight is 367 g/mol. The Kier molecular flexibility index (Phi) is 3.63. The molecule has 7 nitrogen and oxygen atoms in total. The molecule has 27 heavy (non-hydrogen) atoms. The van der Waals surface area contributed by atoms with Crippen molar-refractivity contribution in [1.29, 1.82) is 5.26 Å². The molecule has 136 valence electrons. The molecule has 1 amide bonds. The number of ketones is 1. The summed E-state index contributed by atoms with van der Waals surface area (Å²) < 4.78 is 15.2. The maximum Gasteiger partial charge on any atom is 0.377 e. The monoisotopic (exact) mass is 367 g/mol. The number of carboxylic acid groups (broad SMARTS) is 1. The molecule has 8 heteroatoms. The molecule has 4 rings (SSSR count). The molecule has 2 heterocycles. The number of aliphatic carboxylic acids is 1. The number of aromatic nitrogens is 1. The lowest BCUT2D eigenvalue weighted by atomic mass is 10.0. The second kappa shape index (κ2) is 5.77. The Morgan fingerprint density at radius 3 is 2.78 bits per heavy atom. The first-order valence-electron chi connectivity index (χ1n) is 8.35. The summed E-state index contributed by atoms with van der Waals surface area (Å²) in [6.45, 7) is 1.55. The number of carbonyl (C=O) groups excluding carboxylic acids is 2. The number of nitrogens with one attached hydrogen (secondary N) is 1. The zero-order valence-corrected chi connectivity index (χ0v) is 14.2. The number of nitrogens with zero attached hydrogens (tertiary/aromatic N) is 2. The number of hydrogen-bond donors (Lipinski definition) is 2. The molecular weight excluding hydrogens is 353 g/mol. The third-order valence-electron chi connectivity index (χ3n) is 5.20. The van der Waals surface area contributed by atoms with Crippen molar-refractivity contribution in [1.82, 2.24) is 4.57 Å². The van der Waals surface area contributed by atoms with Crippen molar-refractivity contribution in [2.75, 3.05) is 5.32 Å². The Labute approximate surface area is 153 Å². The van der Waals surface area contributed by atoms with Crippen LogP contribution in [-0.2, 0) is 11.2 Å². The van der Waals surface area contributed by atoms with E-state index in [2.05, 4.69) is 5.32 Å². The van der Waals surface area contributed by atoms with E-state index in [4.69, 9.17) is 10.4 Å². The molecule has 0 saturated heterocycles. The van der Waals surface area contributed by atoms with Crippen molar-refractivity contribution >= 4 is 23.3 Å². The lowest BCUT2D eigenvalue weighted by Gasteiger charge is -2.10. The number of carboxylic acids is 1. The van der Waals surface area contributed by atoms with Gasteiger partial charge in [-0.05, 0) is 49.4 Å². The maximum atomic E-state index is 13.5. The molecule has 0 bridgehead atoms. The van der Waals surface area contributed by atoms with Crippen LogP contribution in [0.25, 0.3) is 0 Å². The first-order valence-corrected chi connectivity index (χ1v) is 8.35. The second-order valence-electron chi connectivity index (χ2n) is 6.83. The van der Waals surface area contributed by atoms with E-state index < -0.39 is 23.5 Å². The standard InChI is InChI=1S/C19H14FN3O4/c1-8-15(17(24)19(26)27)14-6-9-5-13(9)23(14)16(8)18(25)22-11-2-3-12(20)10(4-11)7-21/h2-4,9,13H,5-6H2,1H3,(H,22,25)(H,26,27)/t9-,13-/m1/s1. The van der Waals surface area contributed by atoms with Gasteiger partial charge in [-0.1, -0.05) is 0 Å². The quantitative estimate of drug-likeness (QED) is 0.637. The number of anilines is 1. The van der Waals surface area contributed by atoms with E-state index in [1.165, 1.54) is 12.1 Å². The number of carbonyl (C=O) groups is 3. The second-order valence-corrected chi connectivity index (χ2v) is 6.83. The molecule has 1 aliphatic heterocycles. The fourth-order valence-corrected chi connectivity index (χ4v) is 3.92. The molecule has 1 saturated carbocycles. The Balaban J connectivity index is 1.75. The van der Waals surface area contributed by atoms with Gasteiger partial charge >= 0.3 is 5.97 Å². The van der Waals surface area contributed by atoms with Gasteiger partial charge in [0.15, 0.2) is 0 Å². The van der Waals surface area contributed by atoms with Gasteiger partial charge in [0.05, 0.1) is 11.1 Å². The Morgan fingerprint density at radius 1 is 1.37 bits per heavy atom. The minimum Gasteiger partial charge on any atom is -0.475 e. The highest BCUT2D eigenvalue weighted by molar-refractivity contribution is 6.41. The molecule has 1 aromatic carbocycles. The van der Waals surface area contributed by atoms with Gasteiger partial charge in [0.25, 0.3) is 11.7 Å². The zero-order valence-electron chi connectivity index (χ0n) is 14.2. The minimum absolute atomic E-state index is 0.0803. The van der Waals surface area contributed by atoms with E-state index in [1.54, 1.807) is 17.6 Å². The van der Waals surface area contributed by atoms with Crippen LogP contribution >= 0.6 is 0 Å². The van der Waals surface area contributed by atoms with Gasteiger partial charge in [0.1, 0.15) is 17.6 Å². The Hall–Kier alpha value is -3.47. The Bertz CT molecular complexity index is 1080. The van der Waals surface area contributed by atoms with Crippen LogP contribution < -0.4 is 5.32 Å². The van der Waals surface area contributed by atoms with Crippen molar-refractivity contribution < 1.29 is 23.9 Å². The highest BCUT2D eigenvalue weighted by Crippen LogP contribution is 2.54. The molecule has 2 aliphatic rings. The number of fused-ring (bicyclic) bond motifs is 3. The van der Waals surface area contributed by atoms with Crippen LogP contribution in [0.2, 0.25) is 0 Å². The van der Waals surface area contributed by atoms with Gasteiger partial charge < -0.3 is 15.0 Å². The van der Waals surface area contributed by atoms with E-state index in [0.29, 0.717) is 23.6 Å². The fraction of sp³-hybridized carbons (Fsp3) is 0.263. The van der Waals surface area contributed by atoms with E-state index in [1.807, 2.05) is 0 Å². The summed E-state index contributed by atoms with van der Waals surface area (Å²) in [5, 5.41) is 20.6. The number of halogens is 1. The number of rotatable bonds is 4. The van der Waals surface area contributed by atoms with Gasteiger partial charge in [-0.3, -0.25) is 9.59 Å². The average Bonchev–Trinajstić information content (AvgIpc) is 3.20. The lowest BCUT2D eigenvalue weighted by Crippen LogP contribution is -2.18. The van der Waals surface area contributed by atoms with E-state index >= 15 is 0 Å². The summed E-state index contributed by atoms with van der Waals surface area (Å²) in [4.78, 5) is 36.2. The highest BCUT2D eigenvalue weighted by Gasteiger charge is 2.50. The normalized spacial score (nSPS) is 19.0. The molecule has 1 fully saturated rings. The summed E-state index contributed by atoms with van der Waals surface area (Å²) in [7, 11) is 0. The van der Waals surface area contributed by atoms with E-state index in [0.717, 1.165) is 12.5 Å². The first kappa shape index (κ1) is 17.0. The summed E-state index contributed by atoms with van der Waals surface area (Å²) in [5.74, 6) is -3.48. The highest BCUT2D eigenvalue weighted by atomic mass is 19.1. The number of benzene rings is 1. The predicted octanol–water partition coefficient (Wildman–Crippen LogP) is 2.44. The van der Waals surface area contributed by atoms with Crippen molar-refractivity contribution in [3.05, 3.63) is 52.1 Å². The van der Waals surface area contributed by atoms with Crippen LogP contribution in [0.5, 0.6) is 0 Å². The van der Waals surface area contributed by atoms with Crippen molar-refractivity contribution in [2.24, 2.45) is 5.92 Å². The third-order valence-corrected chi connectivity index (χ3v) is 5.20. The van der Waals surface area contributed by atoms with Gasteiger partial charge in [0, 0.05) is 17.4 Å². The first-order chi connectivity index (χ1) is 12.8. The van der Waals surface area contributed by atoms with Gasteiger partial charge in [-0.25, -0.2) is 9.18 Å². The van der Waals surface area contributed by atoms with Crippen LogP contribution in [0.4, 0.5) is 10.1 Å². The van der Waals surface area contributed by atoms with Crippen LogP contribution in [0.1, 0.15) is 50.1 Å². The summed E-state index contributed by atoms with van der Waals surface area (Å²) >= 11 is 0. The number of hydrogen-bond acceptors (Lipinski definition) is 4. The van der Waals surface area contributed by atoms with Crippen LogP contribution in [0.3, 0.4) is 0 Å². The smallest absolute Gasteiger partial charge is 0.377 e. The molecular formula is C19H14FN3O4. The number of nitriles is 1. The molecule has 2 atom stereocenters. The predicted molar refractivity (Wildman–Crippen MR) is 91.1 cm³/mol. The number of Topliss-reactive ketones (excluding diaryl/α,β-unsaturated/α-hetero) is 1. The van der Waals surface area contributed by atoms with Crippen molar-refractivity contribution in [3.63, 3.8) is 0 Å². The number of amides is 1. The minimum atomic E-state index is -1.56. The maximum absolute atomic E-state index is 13.5. The van der Waals surface area contributed by atoms with Crippen LogP contribution in [0.15, 0.2) is 18.2 Å². The summed E-state index contributed by atoms with van der Waals surface area (Å²) in [6.07, 6.45) is 1.46. The van der Waals surface area contributed by atoms with Gasteiger partial charge in [-0.15, -0.1) is 0 Å². The largest absolute Gasteiger partial charge is 0.475 e. The van der Waals surface area contributed by atoms with E-state index in [9.17, 15) is 18.8 Å². The Morgan fingerprint density at radius 2 is 2.11 bits per heavy atom. The van der Waals surface area contributed by atoms with Gasteiger partial charge in [0.2, 0.25) is 0 Å². The van der Waals surface area contributed by atoms with Crippen LogP contribution in [-0.4, -0.2) is 27.3 Å². The summed E-state index contributed by atoms with van der Waals surface area (Å²) in [5.41, 5.74) is 1.27. The lowest BCUT2D eigenvalue weighted by molar-refractivity contribution is -0.131. The molecule has 1 aliphatic carbocycles. The molecule has 0 radical (unpaired) electrons. The molecule has 2 N–H and O–H groups in total. The third kappa shape index (κ3) is 2.51. The van der Waals surface area contributed by atoms with Gasteiger partial charge in [-0.2, -0.15) is 5.26 Å². The topological polar surface area (TPSA) is 112 Å². The van der Waals surface area contributed by atoms with E-state index in [-0.39, 0.29) is 28.6 Å².